The summed E-state index contributed by atoms with van der Waals surface area (Å²) in [5.74, 6) is 0. The highest BCUT2D eigenvalue weighted by Gasteiger charge is 2.12. The number of benzene rings is 1. The van der Waals surface area contributed by atoms with E-state index in [-0.39, 0.29) is 6.04 Å². The lowest BCUT2D eigenvalue weighted by Crippen LogP contribution is -2.13. The van der Waals surface area contributed by atoms with Gasteiger partial charge in [0, 0.05) is 10.9 Å². The second-order valence-corrected chi connectivity index (χ2v) is 5.49. The summed E-state index contributed by atoms with van der Waals surface area (Å²) >= 11 is 1.65. The van der Waals surface area contributed by atoms with Gasteiger partial charge in [-0.3, -0.25) is 0 Å². The molecule has 1 heterocycles. The molecule has 2 N–H and O–H groups in total. The van der Waals surface area contributed by atoms with Crippen molar-refractivity contribution in [2.45, 2.75) is 33.2 Å². The number of aryl methyl sites for hydroxylation is 3. The molecule has 1 atom stereocenters. The standard InChI is InChI=1S/C14H18N2S/c1-9-4-10(2)6-12(5-9)7-13(15)14-11(3)16-8-17-14/h4-6,8,13H,7,15H2,1-3H3. The maximum Gasteiger partial charge on any atom is 0.0798 e. The van der Waals surface area contributed by atoms with Gasteiger partial charge in [0.1, 0.15) is 0 Å². The Labute approximate surface area is 107 Å². The minimum atomic E-state index is 0.0590. The van der Waals surface area contributed by atoms with Crippen molar-refractivity contribution in [1.29, 1.82) is 0 Å². The second-order valence-electron chi connectivity index (χ2n) is 4.61. The predicted molar refractivity (Wildman–Crippen MR) is 73.4 cm³/mol. The molecule has 90 valence electrons. The molecule has 0 aliphatic rings. The predicted octanol–water partition coefficient (Wildman–Crippen LogP) is 3.31. The van der Waals surface area contributed by atoms with Crippen molar-refractivity contribution in [3.05, 3.63) is 51.0 Å². The Morgan fingerprint density at radius 3 is 2.35 bits per heavy atom. The number of nitrogens with two attached hydrogens (primary N) is 1. The van der Waals surface area contributed by atoms with E-state index in [1.54, 1.807) is 11.3 Å². The smallest absolute Gasteiger partial charge is 0.0798 e. The SMILES string of the molecule is Cc1cc(C)cc(CC(N)c2scnc2C)c1. The Bertz CT molecular complexity index is 496. The Hall–Kier alpha value is -1.19. The minimum absolute atomic E-state index is 0.0590. The van der Waals surface area contributed by atoms with Gasteiger partial charge < -0.3 is 5.73 Å². The van der Waals surface area contributed by atoms with Gasteiger partial charge in [-0.15, -0.1) is 11.3 Å². The molecule has 0 amide bonds. The van der Waals surface area contributed by atoms with E-state index < -0.39 is 0 Å². The van der Waals surface area contributed by atoms with Crippen LogP contribution in [0, 0.1) is 20.8 Å². The highest BCUT2D eigenvalue weighted by molar-refractivity contribution is 7.09. The molecule has 0 spiro atoms. The molecule has 2 rings (SSSR count). The van der Waals surface area contributed by atoms with Crippen molar-refractivity contribution in [1.82, 2.24) is 4.98 Å². The third-order valence-electron chi connectivity index (χ3n) is 2.86. The summed E-state index contributed by atoms with van der Waals surface area (Å²) < 4.78 is 0. The maximum absolute atomic E-state index is 6.24. The summed E-state index contributed by atoms with van der Waals surface area (Å²) in [6.45, 7) is 6.27. The first-order chi connectivity index (χ1) is 8.06. The normalized spacial score (nSPS) is 12.7. The maximum atomic E-state index is 6.24. The van der Waals surface area contributed by atoms with E-state index in [0.717, 1.165) is 12.1 Å². The van der Waals surface area contributed by atoms with Gasteiger partial charge in [0.25, 0.3) is 0 Å². The number of nitrogens with zero attached hydrogens (tertiary/aromatic N) is 1. The molecular formula is C14H18N2S. The molecule has 0 saturated heterocycles. The number of thiazole rings is 1. The van der Waals surface area contributed by atoms with Crippen molar-refractivity contribution in [2.75, 3.05) is 0 Å². The van der Waals surface area contributed by atoms with Gasteiger partial charge in [-0.25, -0.2) is 4.98 Å². The van der Waals surface area contributed by atoms with Crippen LogP contribution in [0.25, 0.3) is 0 Å². The van der Waals surface area contributed by atoms with Gasteiger partial charge in [-0.05, 0) is 32.8 Å². The third-order valence-corrected chi connectivity index (χ3v) is 3.92. The molecule has 0 aliphatic heterocycles. The highest BCUT2D eigenvalue weighted by atomic mass is 32.1. The van der Waals surface area contributed by atoms with Crippen molar-refractivity contribution in [2.24, 2.45) is 5.73 Å². The first-order valence-electron chi connectivity index (χ1n) is 5.79. The van der Waals surface area contributed by atoms with Crippen LogP contribution in [0.3, 0.4) is 0 Å². The molecule has 1 aromatic carbocycles. The Balaban J connectivity index is 2.18. The topological polar surface area (TPSA) is 38.9 Å². The molecule has 1 unspecified atom stereocenters. The van der Waals surface area contributed by atoms with Crippen LogP contribution in [0.2, 0.25) is 0 Å². The van der Waals surface area contributed by atoms with Gasteiger partial charge >= 0.3 is 0 Å². The van der Waals surface area contributed by atoms with Gasteiger partial charge in [0.05, 0.1) is 11.2 Å². The number of aromatic nitrogens is 1. The first kappa shape index (κ1) is 12.3. The van der Waals surface area contributed by atoms with E-state index in [1.165, 1.54) is 21.6 Å². The van der Waals surface area contributed by atoms with Crippen molar-refractivity contribution < 1.29 is 0 Å². The lowest BCUT2D eigenvalue weighted by Gasteiger charge is -2.11. The van der Waals surface area contributed by atoms with Crippen molar-refractivity contribution in [3.63, 3.8) is 0 Å². The van der Waals surface area contributed by atoms with Crippen LogP contribution in [0.15, 0.2) is 23.7 Å². The van der Waals surface area contributed by atoms with Crippen LogP contribution < -0.4 is 5.73 Å². The second kappa shape index (κ2) is 4.98. The van der Waals surface area contributed by atoms with Crippen LogP contribution in [-0.2, 0) is 6.42 Å². The average Bonchev–Trinajstić information content (AvgIpc) is 2.62. The van der Waals surface area contributed by atoms with E-state index >= 15 is 0 Å². The number of hydrogen-bond acceptors (Lipinski definition) is 3. The van der Waals surface area contributed by atoms with E-state index in [9.17, 15) is 0 Å². The Kier molecular flexibility index (Phi) is 3.60. The van der Waals surface area contributed by atoms with Gasteiger partial charge in [-0.2, -0.15) is 0 Å². The molecule has 0 bridgehead atoms. The summed E-state index contributed by atoms with van der Waals surface area (Å²) in [7, 11) is 0. The van der Waals surface area contributed by atoms with Crippen molar-refractivity contribution in [3.8, 4) is 0 Å². The third kappa shape index (κ3) is 2.93. The van der Waals surface area contributed by atoms with Crippen LogP contribution in [0.4, 0.5) is 0 Å². The monoisotopic (exact) mass is 246 g/mol. The molecule has 2 aromatic rings. The molecule has 0 fully saturated rings. The van der Waals surface area contributed by atoms with Crippen LogP contribution in [-0.4, -0.2) is 4.98 Å². The van der Waals surface area contributed by atoms with E-state index in [2.05, 4.69) is 37.0 Å². The fourth-order valence-electron chi connectivity index (χ4n) is 2.20. The largest absolute Gasteiger partial charge is 0.323 e. The number of hydrogen-bond donors (Lipinski definition) is 1. The van der Waals surface area contributed by atoms with Crippen LogP contribution in [0.5, 0.6) is 0 Å². The summed E-state index contributed by atoms with van der Waals surface area (Å²) in [4.78, 5) is 5.45. The molecule has 0 aliphatic carbocycles. The van der Waals surface area contributed by atoms with Crippen molar-refractivity contribution >= 4 is 11.3 Å². The molecule has 2 nitrogen and oxygen atoms in total. The average molecular weight is 246 g/mol. The quantitative estimate of drug-likeness (QED) is 0.902. The zero-order valence-corrected chi connectivity index (χ0v) is 11.3. The Morgan fingerprint density at radius 2 is 1.82 bits per heavy atom. The van der Waals surface area contributed by atoms with Crippen LogP contribution >= 0.6 is 11.3 Å². The molecule has 17 heavy (non-hydrogen) atoms. The summed E-state index contributed by atoms with van der Waals surface area (Å²) in [5, 5.41) is 0. The van der Waals surface area contributed by atoms with E-state index in [0.29, 0.717) is 0 Å². The van der Waals surface area contributed by atoms with Gasteiger partial charge in [-0.1, -0.05) is 29.3 Å². The van der Waals surface area contributed by atoms with Crippen LogP contribution in [0.1, 0.15) is 33.3 Å². The first-order valence-corrected chi connectivity index (χ1v) is 6.67. The van der Waals surface area contributed by atoms with E-state index in [1.807, 2.05) is 12.4 Å². The molecule has 1 aromatic heterocycles. The Morgan fingerprint density at radius 1 is 1.18 bits per heavy atom. The van der Waals surface area contributed by atoms with E-state index in [4.69, 9.17) is 5.73 Å². The fraction of sp³-hybridized carbons (Fsp3) is 0.357. The fourth-order valence-corrected chi connectivity index (χ4v) is 3.01. The van der Waals surface area contributed by atoms with Gasteiger partial charge in [0.15, 0.2) is 0 Å². The summed E-state index contributed by atoms with van der Waals surface area (Å²) in [6, 6.07) is 6.67. The highest BCUT2D eigenvalue weighted by Crippen LogP contribution is 2.23. The minimum Gasteiger partial charge on any atom is -0.323 e. The number of rotatable bonds is 3. The molecule has 0 saturated carbocycles. The zero-order chi connectivity index (χ0) is 12.4. The van der Waals surface area contributed by atoms with Gasteiger partial charge in [0.2, 0.25) is 0 Å². The lowest BCUT2D eigenvalue weighted by molar-refractivity contribution is 0.728. The molecule has 3 heteroatoms. The zero-order valence-electron chi connectivity index (χ0n) is 10.5. The summed E-state index contributed by atoms with van der Waals surface area (Å²) in [6.07, 6.45) is 0.881. The molecular weight excluding hydrogens is 228 g/mol. The molecule has 0 radical (unpaired) electrons. The summed E-state index contributed by atoms with van der Waals surface area (Å²) in [5.41, 5.74) is 13.1. The lowest BCUT2D eigenvalue weighted by atomic mass is 10.0.